The van der Waals surface area contributed by atoms with E-state index in [0.717, 1.165) is 10.0 Å². The van der Waals surface area contributed by atoms with Crippen molar-refractivity contribution >= 4 is 27.6 Å². The number of carbonyl (C=O) groups is 1. The van der Waals surface area contributed by atoms with Gasteiger partial charge in [-0.15, -0.1) is 0 Å². The number of rotatable bonds is 3. The van der Waals surface area contributed by atoms with E-state index in [4.69, 9.17) is 5.11 Å². The summed E-state index contributed by atoms with van der Waals surface area (Å²) in [6.07, 6.45) is 0. The van der Waals surface area contributed by atoms with Crippen molar-refractivity contribution in [3.8, 4) is 5.75 Å². The lowest BCUT2D eigenvalue weighted by Crippen LogP contribution is -2.28. The lowest BCUT2D eigenvalue weighted by Gasteiger charge is -2.07. The van der Waals surface area contributed by atoms with Gasteiger partial charge >= 0.3 is 6.03 Å². The van der Waals surface area contributed by atoms with Crippen molar-refractivity contribution in [3.63, 3.8) is 0 Å². The second kappa shape index (κ2) is 6.24. The first-order valence-corrected chi connectivity index (χ1v) is 6.51. The first-order chi connectivity index (χ1) is 9.13. The topological polar surface area (TPSA) is 61.4 Å². The smallest absolute Gasteiger partial charge is 0.319 e. The van der Waals surface area contributed by atoms with Gasteiger partial charge in [0.25, 0.3) is 0 Å². The number of nitrogens with one attached hydrogen (secondary N) is 2. The fraction of sp³-hybridized carbons (Fsp3) is 0.0714. The lowest BCUT2D eigenvalue weighted by atomic mass is 10.2. The number of aromatic hydroxyl groups is 1. The fourth-order valence-corrected chi connectivity index (χ4v) is 1.77. The number of anilines is 1. The van der Waals surface area contributed by atoms with Gasteiger partial charge in [-0.1, -0.05) is 28.1 Å². The molecule has 0 saturated heterocycles. The predicted molar refractivity (Wildman–Crippen MR) is 78.1 cm³/mol. The van der Waals surface area contributed by atoms with Crippen molar-refractivity contribution in [1.82, 2.24) is 5.32 Å². The SMILES string of the molecule is O=C(NCc1ccc(Br)cc1)Nc1ccc(O)cc1. The molecule has 0 aliphatic carbocycles. The molecule has 4 nitrogen and oxygen atoms in total. The molecule has 5 heteroatoms. The van der Waals surface area contributed by atoms with Crippen LogP contribution >= 0.6 is 15.9 Å². The van der Waals surface area contributed by atoms with Crippen LogP contribution in [0.15, 0.2) is 53.0 Å². The van der Waals surface area contributed by atoms with Crippen LogP contribution in [0.25, 0.3) is 0 Å². The Morgan fingerprint density at radius 3 is 2.32 bits per heavy atom. The standard InChI is InChI=1S/C14H13BrN2O2/c15-11-3-1-10(2-4-11)9-16-14(19)17-12-5-7-13(18)8-6-12/h1-8,18H,9H2,(H2,16,17,19). The summed E-state index contributed by atoms with van der Waals surface area (Å²) in [4.78, 5) is 11.6. The average Bonchev–Trinajstić information content (AvgIpc) is 2.41. The quantitative estimate of drug-likeness (QED) is 0.758. The molecule has 0 atom stereocenters. The second-order valence-electron chi connectivity index (χ2n) is 3.98. The largest absolute Gasteiger partial charge is 0.508 e. The molecule has 2 aromatic rings. The molecule has 0 aliphatic rings. The van der Waals surface area contributed by atoms with Gasteiger partial charge in [0.2, 0.25) is 0 Å². The minimum Gasteiger partial charge on any atom is -0.508 e. The fourth-order valence-electron chi connectivity index (χ4n) is 1.50. The highest BCUT2D eigenvalue weighted by molar-refractivity contribution is 9.10. The molecular formula is C14H13BrN2O2. The average molecular weight is 321 g/mol. The number of phenols is 1. The van der Waals surface area contributed by atoms with Crippen molar-refractivity contribution in [2.24, 2.45) is 0 Å². The third kappa shape index (κ3) is 4.30. The summed E-state index contributed by atoms with van der Waals surface area (Å²) < 4.78 is 1.00. The Balaban J connectivity index is 1.84. The Morgan fingerprint density at radius 2 is 1.68 bits per heavy atom. The Bertz CT molecular complexity index is 553. The van der Waals surface area contributed by atoms with Gasteiger partial charge in [0.15, 0.2) is 0 Å². The number of carbonyl (C=O) groups excluding carboxylic acids is 1. The van der Waals surface area contributed by atoms with Crippen LogP contribution in [0.5, 0.6) is 5.75 Å². The molecular weight excluding hydrogens is 308 g/mol. The zero-order valence-corrected chi connectivity index (χ0v) is 11.6. The summed E-state index contributed by atoms with van der Waals surface area (Å²) in [6.45, 7) is 0.456. The molecule has 3 N–H and O–H groups in total. The van der Waals surface area contributed by atoms with Crippen molar-refractivity contribution in [2.45, 2.75) is 6.54 Å². The van der Waals surface area contributed by atoms with Crippen LogP contribution in [-0.2, 0) is 6.54 Å². The minimum atomic E-state index is -0.284. The maximum Gasteiger partial charge on any atom is 0.319 e. The molecule has 0 aliphatic heterocycles. The molecule has 0 bridgehead atoms. The molecule has 0 heterocycles. The maximum absolute atomic E-state index is 11.6. The van der Waals surface area contributed by atoms with Gasteiger partial charge < -0.3 is 15.7 Å². The third-order valence-electron chi connectivity index (χ3n) is 2.49. The molecule has 2 rings (SSSR count). The summed E-state index contributed by atoms with van der Waals surface area (Å²) in [5.74, 6) is 0.167. The van der Waals surface area contributed by atoms with Gasteiger partial charge in [0, 0.05) is 16.7 Å². The molecule has 0 spiro atoms. The van der Waals surface area contributed by atoms with E-state index in [2.05, 4.69) is 26.6 Å². The van der Waals surface area contributed by atoms with Gasteiger partial charge in [-0.3, -0.25) is 0 Å². The number of benzene rings is 2. The second-order valence-corrected chi connectivity index (χ2v) is 4.90. The van der Waals surface area contributed by atoms with Crippen LogP contribution in [0.1, 0.15) is 5.56 Å². The molecule has 98 valence electrons. The van der Waals surface area contributed by atoms with E-state index in [9.17, 15) is 4.79 Å². The summed E-state index contributed by atoms with van der Waals surface area (Å²) in [7, 11) is 0. The van der Waals surface area contributed by atoms with E-state index >= 15 is 0 Å². The highest BCUT2D eigenvalue weighted by Crippen LogP contribution is 2.13. The molecule has 0 aromatic heterocycles. The lowest BCUT2D eigenvalue weighted by molar-refractivity contribution is 0.251. The number of phenolic OH excluding ortho intramolecular Hbond substituents is 1. The van der Waals surface area contributed by atoms with E-state index in [0.29, 0.717) is 12.2 Å². The maximum atomic E-state index is 11.6. The predicted octanol–water partition coefficient (Wildman–Crippen LogP) is 3.48. The van der Waals surface area contributed by atoms with Crippen LogP contribution < -0.4 is 10.6 Å². The molecule has 0 radical (unpaired) electrons. The number of hydrogen-bond donors (Lipinski definition) is 3. The normalized spacial score (nSPS) is 9.95. The van der Waals surface area contributed by atoms with Gasteiger partial charge in [-0.2, -0.15) is 0 Å². The van der Waals surface area contributed by atoms with Crippen LogP contribution in [0.2, 0.25) is 0 Å². The van der Waals surface area contributed by atoms with Gasteiger partial charge in [0.05, 0.1) is 0 Å². The third-order valence-corrected chi connectivity index (χ3v) is 3.02. The molecule has 0 unspecified atom stereocenters. The van der Waals surface area contributed by atoms with Crippen molar-refractivity contribution in [2.75, 3.05) is 5.32 Å². The van der Waals surface area contributed by atoms with E-state index in [1.165, 1.54) is 12.1 Å². The van der Waals surface area contributed by atoms with E-state index in [1.807, 2.05) is 24.3 Å². The summed E-state index contributed by atoms with van der Waals surface area (Å²) in [6, 6.07) is 13.7. The Morgan fingerprint density at radius 1 is 1.05 bits per heavy atom. The van der Waals surface area contributed by atoms with Crippen LogP contribution in [0.4, 0.5) is 10.5 Å². The Kier molecular flexibility index (Phi) is 4.41. The van der Waals surface area contributed by atoms with Crippen molar-refractivity contribution < 1.29 is 9.90 Å². The number of urea groups is 1. The number of halogens is 1. The van der Waals surface area contributed by atoms with Crippen molar-refractivity contribution in [3.05, 3.63) is 58.6 Å². The molecule has 19 heavy (non-hydrogen) atoms. The van der Waals surface area contributed by atoms with Crippen LogP contribution in [-0.4, -0.2) is 11.1 Å². The zero-order chi connectivity index (χ0) is 13.7. The van der Waals surface area contributed by atoms with Gasteiger partial charge in [-0.25, -0.2) is 4.79 Å². The van der Waals surface area contributed by atoms with Crippen LogP contribution in [0.3, 0.4) is 0 Å². The van der Waals surface area contributed by atoms with Crippen LogP contribution in [0, 0.1) is 0 Å². The van der Waals surface area contributed by atoms with E-state index < -0.39 is 0 Å². The summed E-state index contributed by atoms with van der Waals surface area (Å²) in [5.41, 5.74) is 1.65. The summed E-state index contributed by atoms with van der Waals surface area (Å²) in [5, 5.41) is 14.6. The molecule has 0 saturated carbocycles. The zero-order valence-electron chi connectivity index (χ0n) is 10.1. The van der Waals surface area contributed by atoms with Gasteiger partial charge in [0.1, 0.15) is 5.75 Å². The van der Waals surface area contributed by atoms with Crippen molar-refractivity contribution in [1.29, 1.82) is 0 Å². The number of amides is 2. The Hall–Kier alpha value is -2.01. The highest BCUT2D eigenvalue weighted by Gasteiger charge is 2.01. The van der Waals surface area contributed by atoms with E-state index in [-0.39, 0.29) is 11.8 Å². The Labute approximate surface area is 119 Å². The number of hydrogen-bond acceptors (Lipinski definition) is 2. The minimum absolute atomic E-state index is 0.167. The molecule has 0 fully saturated rings. The highest BCUT2D eigenvalue weighted by atomic mass is 79.9. The monoisotopic (exact) mass is 320 g/mol. The summed E-state index contributed by atoms with van der Waals surface area (Å²) >= 11 is 3.36. The molecule has 2 amide bonds. The first-order valence-electron chi connectivity index (χ1n) is 5.72. The van der Waals surface area contributed by atoms with E-state index in [1.54, 1.807) is 12.1 Å². The molecule has 2 aromatic carbocycles. The first kappa shape index (κ1) is 13.4. The van der Waals surface area contributed by atoms with Gasteiger partial charge in [-0.05, 0) is 42.0 Å².